The molecule has 164 valence electrons. The van der Waals surface area contributed by atoms with Crippen LogP contribution in [-0.4, -0.2) is 55.7 Å². The molecule has 2 heterocycles. The number of hydrogen-bond acceptors (Lipinski definition) is 11. The monoisotopic (exact) mass is 479 g/mol. The predicted octanol–water partition coefficient (Wildman–Crippen LogP) is 1.76. The summed E-state index contributed by atoms with van der Waals surface area (Å²) in [6.45, 7) is 3.65. The molecule has 1 atom stereocenters. The first kappa shape index (κ1) is 24.0. The highest BCUT2D eigenvalue weighted by atomic mass is 33.1. The van der Waals surface area contributed by atoms with E-state index in [-0.39, 0.29) is 23.6 Å². The molecule has 0 bridgehead atoms. The number of nitrogens with zero attached hydrogens (tertiary/aromatic N) is 3. The summed E-state index contributed by atoms with van der Waals surface area (Å²) >= 11 is 0. The summed E-state index contributed by atoms with van der Waals surface area (Å²) in [5.74, 6) is -3.27. The van der Waals surface area contributed by atoms with Gasteiger partial charge in [-0.25, -0.2) is 9.78 Å². The molecule has 15 heteroatoms. The predicted molar refractivity (Wildman–Crippen MR) is 106 cm³/mol. The lowest BCUT2D eigenvalue weighted by atomic mass is 10.1. The fraction of sp³-hybridized carbons (Fsp3) is 0.467. The van der Waals surface area contributed by atoms with Gasteiger partial charge >= 0.3 is 5.97 Å². The quantitative estimate of drug-likeness (QED) is 0.179. The summed E-state index contributed by atoms with van der Waals surface area (Å²) < 4.78 is 30.6. The minimum Gasteiger partial charge on any atom is -0.330 e. The first-order valence-electron chi connectivity index (χ1n) is 8.30. The van der Waals surface area contributed by atoms with Gasteiger partial charge in [0.15, 0.2) is 5.25 Å². The van der Waals surface area contributed by atoms with Crippen LogP contribution in [0.4, 0.5) is 5.69 Å². The lowest BCUT2D eigenvalue weighted by molar-refractivity contribution is -0.385. The van der Waals surface area contributed by atoms with Crippen LogP contribution in [0.5, 0.6) is 0 Å². The van der Waals surface area contributed by atoms with E-state index in [9.17, 15) is 32.9 Å². The van der Waals surface area contributed by atoms with Crippen molar-refractivity contribution in [1.29, 1.82) is 0 Å². The second-order valence-electron chi connectivity index (χ2n) is 6.74. The zero-order valence-corrected chi connectivity index (χ0v) is 18.2. The van der Waals surface area contributed by atoms with Crippen LogP contribution < -0.4 is 0 Å². The topological polar surface area (TPSA) is 174 Å². The Balaban J connectivity index is 1.85. The fourth-order valence-electron chi connectivity index (χ4n) is 2.19. The molecule has 0 radical (unpaired) electrons. The average molecular weight is 480 g/mol. The van der Waals surface area contributed by atoms with E-state index < -0.39 is 49.2 Å². The third-order valence-corrected chi connectivity index (χ3v) is 8.18. The van der Waals surface area contributed by atoms with Crippen LogP contribution in [0, 0.1) is 10.1 Å². The maximum Gasteiger partial charge on any atom is 0.333 e. The number of nitro groups is 1. The minimum atomic E-state index is -4.78. The largest absolute Gasteiger partial charge is 0.333 e. The van der Waals surface area contributed by atoms with Gasteiger partial charge in [-0.1, -0.05) is 10.8 Å². The fourth-order valence-corrected chi connectivity index (χ4v) is 5.09. The number of hydrogen-bond donors (Lipinski definition) is 1. The number of amides is 2. The van der Waals surface area contributed by atoms with Crippen molar-refractivity contribution in [2.24, 2.45) is 0 Å². The Morgan fingerprint density at radius 3 is 2.60 bits per heavy atom. The summed E-state index contributed by atoms with van der Waals surface area (Å²) in [6.07, 6.45) is 0.429. The van der Waals surface area contributed by atoms with E-state index in [0.29, 0.717) is 5.03 Å². The molecule has 1 saturated heterocycles. The normalized spacial score (nSPS) is 17.3. The summed E-state index contributed by atoms with van der Waals surface area (Å²) in [7, 11) is -2.18. The molecule has 0 aromatic carbocycles. The van der Waals surface area contributed by atoms with Gasteiger partial charge < -0.3 is 4.84 Å². The SMILES string of the molecule is CC(C)(CCC(=O)ON1C(=O)CC(S(=O)(=O)O)C1=O)SSc1ccc([N+](=O)[O-])cn1. The van der Waals surface area contributed by atoms with Crippen molar-refractivity contribution in [3.8, 4) is 0 Å². The van der Waals surface area contributed by atoms with Crippen molar-refractivity contribution in [2.45, 2.75) is 48.1 Å². The number of aromatic nitrogens is 1. The van der Waals surface area contributed by atoms with E-state index in [2.05, 4.69) is 9.82 Å². The lowest BCUT2D eigenvalue weighted by Gasteiger charge is -2.22. The Morgan fingerprint density at radius 1 is 1.43 bits per heavy atom. The highest BCUT2D eigenvalue weighted by molar-refractivity contribution is 8.77. The van der Waals surface area contributed by atoms with Crippen molar-refractivity contribution in [3.05, 3.63) is 28.4 Å². The van der Waals surface area contributed by atoms with E-state index in [4.69, 9.17) is 4.55 Å². The molecule has 1 N–H and O–H groups in total. The molecule has 2 rings (SSSR count). The smallest absolute Gasteiger partial charge is 0.330 e. The average Bonchev–Trinajstić information content (AvgIpc) is 2.94. The van der Waals surface area contributed by atoms with Crippen LogP contribution in [0.25, 0.3) is 0 Å². The lowest BCUT2D eigenvalue weighted by Crippen LogP contribution is -2.36. The molecule has 0 spiro atoms. The summed E-state index contributed by atoms with van der Waals surface area (Å²) in [5.41, 5.74) is -0.131. The van der Waals surface area contributed by atoms with Gasteiger partial charge in [-0.15, -0.1) is 5.06 Å². The zero-order chi connectivity index (χ0) is 22.7. The van der Waals surface area contributed by atoms with Crippen LogP contribution in [0.3, 0.4) is 0 Å². The van der Waals surface area contributed by atoms with Crippen LogP contribution in [0.2, 0.25) is 0 Å². The molecular formula is C15H17N3O9S3. The Hall–Kier alpha value is -2.23. The Kier molecular flexibility index (Phi) is 7.44. The first-order valence-corrected chi connectivity index (χ1v) is 12.0. The molecule has 1 aliphatic heterocycles. The summed E-state index contributed by atoms with van der Waals surface area (Å²) in [5, 5.41) is 9.25. The minimum absolute atomic E-state index is 0.0659. The van der Waals surface area contributed by atoms with Crippen molar-refractivity contribution in [2.75, 3.05) is 0 Å². The summed E-state index contributed by atoms with van der Waals surface area (Å²) in [4.78, 5) is 54.3. The molecule has 30 heavy (non-hydrogen) atoms. The van der Waals surface area contributed by atoms with Crippen molar-refractivity contribution in [3.63, 3.8) is 0 Å². The van der Waals surface area contributed by atoms with Gasteiger partial charge in [0, 0.05) is 17.2 Å². The van der Waals surface area contributed by atoms with Crippen molar-refractivity contribution in [1.82, 2.24) is 10.0 Å². The number of pyridine rings is 1. The third kappa shape index (κ3) is 6.38. The number of carbonyl (C=O) groups excluding carboxylic acids is 3. The van der Waals surface area contributed by atoms with Crippen LogP contribution in [-0.2, 0) is 29.3 Å². The molecule has 1 unspecified atom stereocenters. The van der Waals surface area contributed by atoms with Gasteiger partial charge in [0.05, 0.1) is 11.3 Å². The molecule has 0 saturated carbocycles. The molecule has 1 aromatic heterocycles. The van der Waals surface area contributed by atoms with Crippen molar-refractivity contribution >= 4 is 55.2 Å². The number of carbonyl (C=O) groups is 3. The highest BCUT2D eigenvalue weighted by Crippen LogP contribution is 2.42. The number of hydroxylamine groups is 2. The first-order chi connectivity index (χ1) is 13.8. The maximum absolute atomic E-state index is 12.0. The third-order valence-electron chi connectivity index (χ3n) is 3.83. The molecule has 0 aliphatic carbocycles. The standard InChI is InChI=1S/C15H17N3O9S3/c1-15(2,29-28-11-4-3-9(8-16-11)18(22)23)6-5-13(20)27-17-12(19)7-10(14(17)21)30(24,25)26/h3-4,8,10H,5-7H2,1-2H3,(H,24,25,26). The molecular weight excluding hydrogens is 462 g/mol. The van der Waals surface area contributed by atoms with Crippen LogP contribution in [0.15, 0.2) is 23.4 Å². The Bertz CT molecular complexity index is 963. The maximum atomic E-state index is 12.0. The van der Waals surface area contributed by atoms with E-state index in [0.717, 1.165) is 6.20 Å². The summed E-state index contributed by atoms with van der Waals surface area (Å²) in [6, 6.07) is 2.82. The second kappa shape index (κ2) is 9.28. The van der Waals surface area contributed by atoms with E-state index in [1.54, 1.807) is 0 Å². The molecule has 1 aromatic rings. The molecule has 2 amide bonds. The van der Waals surface area contributed by atoms with Crippen LogP contribution in [0.1, 0.15) is 33.1 Å². The van der Waals surface area contributed by atoms with Crippen LogP contribution >= 0.6 is 21.6 Å². The molecule has 12 nitrogen and oxygen atoms in total. The van der Waals surface area contributed by atoms with E-state index >= 15 is 0 Å². The number of imide groups is 1. The van der Waals surface area contributed by atoms with Gasteiger partial charge in [-0.3, -0.25) is 24.3 Å². The van der Waals surface area contributed by atoms with Gasteiger partial charge in [0.2, 0.25) is 0 Å². The Morgan fingerprint density at radius 2 is 2.10 bits per heavy atom. The molecule has 1 aliphatic rings. The highest BCUT2D eigenvalue weighted by Gasteiger charge is 2.48. The van der Waals surface area contributed by atoms with Gasteiger partial charge in [-0.05, 0) is 37.1 Å². The zero-order valence-electron chi connectivity index (χ0n) is 15.7. The van der Waals surface area contributed by atoms with E-state index in [1.165, 1.54) is 33.7 Å². The van der Waals surface area contributed by atoms with E-state index in [1.807, 2.05) is 13.8 Å². The van der Waals surface area contributed by atoms with Gasteiger partial charge in [0.1, 0.15) is 11.2 Å². The van der Waals surface area contributed by atoms with Crippen molar-refractivity contribution < 1.29 is 37.1 Å². The number of rotatable bonds is 9. The second-order valence-corrected chi connectivity index (χ2v) is 11.2. The van der Waals surface area contributed by atoms with Gasteiger partial charge in [-0.2, -0.15) is 8.42 Å². The Labute approximate surface area is 179 Å². The molecule has 1 fully saturated rings. The van der Waals surface area contributed by atoms with Gasteiger partial charge in [0.25, 0.3) is 27.6 Å².